The molecule has 1 aliphatic heterocycles. The molecule has 0 bridgehead atoms. The van der Waals surface area contributed by atoms with Crippen molar-refractivity contribution in [3.8, 4) is 0 Å². The van der Waals surface area contributed by atoms with Gasteiger partial charge < -0.3 is 5.32 Å². The number of aromatic amines is 1. The quantitative estimate of drug-likeness (QED) is 0.879. The van der Waals surface area contributed by atoms with E-state index >= 15 is 0 Å². The number of hydrogen-bond acceptors (Lipinski definition) is 3. The molecule has 112 valence electrons. The Morgan fingerprint density at radius 1 is 1.60 bits per heavy atom. The molecule has 1 saturated heterocycles. The number of halogens is 3. The van der Waals surface area contributed by atoms with E-state index in [2.05, 4.69) is 15.5 Å². The monoisotopic (exact) mass is 290 g/mol. The van der Waals surface area contributed by atoms with Gasteiger partial charge in [0.1, 0.15) is 5.69 Å². The lowest BCUT2D eigenvalue weighted by atomic mass is 10.1. The summed E-state index contributed by atoms with van der Waals surface area (Å²) in [5, 5.41) is 9.20. The molecule has 1 aromatic heterocycles. The number of likely N-dealkylation sites (tertiary alicyclic amines) is 1. The van der Waals surface area contributed by atoms with Crippen LogP contribution in [-0.2, 0) is 0 Å². The Labute approximate surface area is 114 Å². The van der Waals surface area contributed by atoms with Crippen molar-refractivity contribution in [1.82, 2.24) is 20.4 Å². The average Bonchev–Trinajstić information content (AvgIpc) is 2.93. The topological polar surface area (TPSA) is 61.0 Å². The standard InChI is InChI=1S/C12H17F3N4O/c1-8-4-10(18-17-8)11(20)16-5-9-2-3-19(6-9)7-12(13,14)15/h4,9H,2-3,5-7H2,1H3,(H,16,20)(H,17,18). The number of nitrogens with one attached hydrogen (secondary N) is 2. The number of carbonyl (C=O) groups is 1. The van der Waals surface area contributed by atoms with Gasteiger partial charge in [-0.1, -0.05) is 0 Å². The molecule has 0 saturated carbocycles. The molecule has 1 atom stereocenters. The van der Waals surface area contributed by atoms with E-state index in [9.17, 15) is 18.0 Å². The Morgan fingerprint density at radius 2 is 2.35 bits per heavy atom. The second-order valence-electron chi connectivity index (χ2n) is 5.15. The first-order valence-electron chi connectivity index (χ1n) is 6.43. The molecule has 0 aromatic carbocycles. The summed E-state index contributed by atoms with van der Waals surface area (Å²) >= 11 is 0. The highest BCUT2D eigenvalue weighted by atomic mass is 19.4. The summed E-state index contributed by atoms with van der Waals surface area (Å²) in [4.78, 5) is 13.1. The first-order valence-corrected chi connectivity index (χ1v) is 6.43. The van der Waals surface area contributed by atoms with Crippen molar-refractivity contribution in [2.24, 2.45) is 5.92 Å². The molecular formula is C12H17F3N4O. The van der Waals surface area contributed by atoms with Crippen LogP contribution in [0.2, 0.25) is 0 Å². The fraction of sp³-hybridized carbons (Fsp3) is 0.667. The minimum absolute atomic E-state index is 0.0568. The molecule has 1 amide bonds. The summed E-state index contributed by atoms with van der Waals surface area (Å²) in [5.74, 6) is -0.245. The Hall–Kier alpha value is -1.57. The molecule has 1 fully saturated rings. The van der Waals surface area contributed by atoms with Crippen LogP contribution in [-0.4, -0.2) is 53.4 Å². The van der Waals surface area contributed by atoms with E-state index in [-0.39, 0.29) is 11.8 Å². The second-order valence-corrected chi connectivity index (χ2v) is 5.15. The van der Waals surface area contributed by atoms with Crippen LogP contribution < -0.4 is 5.32 Å². The number of aromatic nitrogens is 2. The summed E-state index contributed by atoms with van der Waals surface area (Å²) < 4.78 is 36.7. The van der Waals surface area contributed by atoms with E-state index in [1.807, 2.05) is 0 Å². The lowest BCUT2D eigenvalue weighted by Crippen LogP contribution is -2.34. The number of alkyl halides is 3. The minimum atomic E-state index is -4.16. The van der Waals surface area contributed by atoms with Crippen molar-refractivity contribution in [2.45, 2.75) is 19.5 Å². The van der Waals surface area contributed by atoms with Crippen molar-refractivity contribution in [3.05, 3.63) is 17.5 Å². The molecule has 1 unspecified atom stereocenters. The van der Waals surface area contributed by atoms with Crippen molar-refractivity contribution >= 4 is 5.91 Å². The number of carbonyl (C=O) groups excluding carboxylic acids is 1. The van der Waals surface area contributed by atoms with Gasteiger partial charge in [0.15, 0.2) is 0 Å². The Morgan fingerprint density at radius 3 is 2.95 bits per heavy atom. The minimum Gasteiger partial charge on any atom is -0.350 e. The van der Waals surface area contributed by atoms with E-state index in [4.69, 9.17) is 0 Å². The van der Waals surface area contributed by atoms with Gasteiger partial charge in [0.05, 0.1) is 6.54 Å². The maximum absolute atomic E-state index is 12.2. The Bertz CT molecular complexity index is 472. The Balaban J connectivity index is 1.74. The van der Waals surface area contributed by atoms with E-state index in [0.717, 1.165) is 5.69 Å². The van der Waals surface area contributed by atoms with Crippen molar-refractivity contribution < 1.29 is 18.0 Å². The van der Waals surface area contributed by atoms with E-state index in [1.54, 1.807) is 13.0 Å². The van der Waals surface area contributed by atoms with Crippen LogP contribution in [0, 0.1) is 12.8 Å². The SMILES string of the molecule is Cc1cc(C(=O)NCC2CCN(CC(F)(F)F)C2)n[nH]1. The predicted molar refractivity (Wildman–Crippen MR) is 66.3 cm³/mol. The molecular weight excluding hydrogens is 273 g/mol. The lowest BCUT2D eigenvalue weighted by molar-refractivity contribution is -0.143. The molecule has 2 rings (SSSR count). The zero-order valence-electron chi connectivity index (χ0n) is 11.1. The van der Waals surface area contributed by atoms with Gasteiger partial charge in [-0.3, -0.25) is 14.8 Å². The number of H-pyrrole nitrogens is 1. The third-order valence-corrected chi connectivity index (χ3v) is 3.26. The maximum Gasteiger partial charge on any atom is 0.401 e. The van der Waals surface area contributed by atoms with Crippen LogP contribution in [0.25, 0.3) is 0 Å². The van der Waals surface area contributed by atoms with Gasteiger partial charge in [0.25, 0.3) is 5.91 Å². The van der Waals surface area contributed by atoms with Crippen LogP contribution in [0.1, 0.15) is 22.6 Å². The largest absolute Gasteiger partial charge is 0.401 e. The van der Waals surface area contributed by atoms with Gasteiger partial charge in [-0.2, -0.15) is 18.3 Å². The van der Waals surface area contributed by atoms with Gasteiger partial charge in [-0.25, -0.2) is 0 Å². The zero-order chi connectivity index (χ0) is 14.8. The zero-order valence-corrected chi connectivity index (χ0v) is 11.1. The third kappa shape index (κ3) is 4.22. The van der Waals surface area contributed by atoms with Gasteiger partial charge in [-0.15, -0.1) is 0 Å². The number of amides is 1. The van der Waals surface area contributed by atoms with Gasteiger partial charge >= 0.3 is 6.18 Å². The smallest absolute Gasteiger partial charge is 0.350 e. The number of nitrogens with zero attached hydrogens (tertiary/aromatic N) is 2. The van der Waals surface area contributed by atoms with Gasteiger partial charge in [0, 0.05) is 18.8 Å². The molecule has 0 radical (unpaired) electrons. The first kappa shape index (κ1) is 14.8. The molecule has 8 heteroatoms. The molecule has 1 aliphatic rings. The van der Waals surface area contributed by atoms with E-state index in [1.165, 1.54) is 4.90 Å². The van der Waals surface area contributed by atoms with E-state index < -0.39 is 12.7 Å². The van der Waals surface area contributed by atoms with Gasteiger partial charge in [-0.05, 0) is 31.9 Å². The molecule has 2 N–H and O–H groups in total. The average molecular weight is 290 g/mol. The van der Waals surface area contributed by atoms with Crippen LogP contribution >= 0.6 is 0 Å². The van der Waals surface area contributed by atoms with Crippen LogP contribution in [0.4, 0.5) is 13.2 Å². The van der Waals surface area contributed by atoms with E-state index in [0.29, 0.717) is 31.7 Å². The molecule has 5 nitrogen and oxygen atoms in total. The number of rotatable bonds is 4. The summed E-state index contributed by atoms with van der Waals surface area (Å²) in [6, 6.07) is 1.62. The molecule has 2 heterocycles. The maximum atomic E-state index is 12.2. The summed E-state index contributed by atoms with van der Waals surface area (Å²) in [7, 11) is 0. The molecule has 0 spiro atoms. The first-order chi connectivity index (χ1) is 9.33. The van der Waals surface area contributed by atoms with Crippen molar-refractivity contribution in [1.29, 1.82) is 0 Å². The predicted octanol–water partition coefficient (Wildman–Crippen LogP) is 1.33. The summed E-state index contributed by atoms with van der Waals surface area (Å²) in [6.07, 6.45) is -3.50. The second kappa shape index (κ2) is 5.82. The molecule has 1 aromatic rings. The number of hydrogen-bond donors (Lipinski definition) is 2. The fourth-order valence-electron chi connectivity index (χ4n) is 2.34. The van der Waals surface area contributed by atoms with Crippen LogP contribution in [0.15, 0.2) is 6.07 Å². The summed E-state index contributed by atoms with van der Waals surface area (Å²) in [6.45, 7) is 2.06. The van der Waals surface area contributed by atoms with Crippen molar-refractivity contribution in [3.63, 3.8) is 0 Å². The van der Waals surface area contributed by atoms with Crippen LogP contribution in [0.5, 0.6) is 0 Å². The molecule has 0 aliphatic carbocycles. The van der Waals surface area contributed by atoms with Gasteiger partial charge in [0.2, 0.25) is 0 Å². The Kier molecular flexibility index (Phi) is 4.32. The fourth-order valence-corrected chi connectivity index (χ4v) is 2.34. The third-order valence-electron chi connectivity index (χ3n) is 3.26. The van der Waals surface area contributed by atoms with Crippen molar-refractivity contribution in [2.75, 3.05) is 26.2 Å². The summed E-state index contributed by atoms with van der Waals surface area (Å²) in [5.41, 5.74) is 1.08. The van der Waals surface area contributed by atoms with Crippen LogP contribution in [0.3, 0.4) is 0 Å². The normalized spacial score (nSPS) is 20.3. The highest BCUT2D eigenvalue weighted by Crippen LogP contribution is 2.22. The molecule has 20 heavy (non-hydrogen) atoms. The highest BCUT2D eigenvalue weighted by molar-refractivity contribution is 5.92. The number of aryl methyl sites for hydroxylation is 1. The highest BCUT2D eigenvalue weighted by Gasteiger charge is 2.34. The lowest BCUT2D eigenvalue weighted by Gasteiger charge is -2.17.